The predicted molar refractivity (Wildman–Crippen MR) is 50.9 cm³/mol. The number of rotatable bonds is 0. The van der Waals surface area contributed by atoms with Crippen molar-refractivity contribution in [3.8, 4) is 5.75 Å². The third kappa shape index (κ3) is 1.53. The zero-order valence-corrected chi connectivity index (χ0v) is 7.66. The van der Waals surface area contributed by atoms with Crippen molar-refractivity contribution >= 4 is 11.6 Å². The van der Waals surface area contributed by atoms with Crippen LogP contribution in [0, 0.1) is 5.82 Å². The molecule has 0 radical (unpaired) electrons. The molecule has 1 aliphatic carbocycles. The normalized spacial score (nSPS) is 13.4. The van der Waals surface area contributed by atoms with Crippen molar-refractivity contribution in [3.63, 3.8) is 0 Å². The Kier molecular flexibility index (Phi) is 2.67. The molecule has 0 amide bonds. The summed E-state index contributed by atoms with van der Waals surface area (Å²) < 4.78 is 13.2. The van der Waals surface area contributed by atoms with Crippen LogP contribution in [0.3, 0.4) is 0 Å². The Morgan fingerprint density at radius 1 is 1.00 bits per heavy atom. The fourth-order valence-electron chi connectivity index (χ4n) is 1.37. The second-order valence-electron chi connectivity index (χ2n) is 2.88. The van der Waals surface area contributed by atoms with Gasteiger partial charge in [-0.25, -0.2) is 4.39 Å². The topological polar surface area (TPSA) is 89.4 Å². The highest BCUT2D eigenvalue weighted by Gasteiger charge is 2.25. The fourth-order valence-corrected chi connectivity index (χ4v) is 1.37. The average molecular weight is 209 g/mol. The second-order valence-corrected chi connectivity index (χ2v) is 2.88. The predicted octanol–water partition coefficient (Wildman–Crippen LogP) is 1.63. The molecule has 4 nitrogen and oxygen atoms in total. The summed E-state index contributed by atoms with van der Waals surface area (Å²) in [7, 11) is 0. The lowest BCUT2D eigenvalue weighted by Gasteiger charge is -2.10. The van der Waals surface area contributed by atoms with E-state index >= 15 is 0 Å². The molecular formula is C10H8FNO3. The highest BCUT2D eigenvalue weighted by atomic mass is 19.1. The molecule has 0 aliphatic heterocycles. The van der Waals surface area contributed by atoms with Crippen molar-refractivity contribution in [2.45, 2.75) is 0 Å². The van der Waals surface area contributed by atoms with E-state index in [0.717, 1.165) is 24.3 Å². The van der Waals surface area contributed by atoms with Gasteiger partial charge in [0.15, 0.2) is 11.6 Å². The van der Waals surface area contributed by atoms with Crippen LogP contribution in [0.15, 0.2) is 24.3 Å². The molecule has 5 heteroatoms. The van der Waals surface area contributed by atoms with Crippen molar-refractivity contribution < 1.29 is 19.1 Å². The van der Waals surface area contributed by atoms with Gasteiger partial charge in [-0.2, -0.15) is 0 Å². The first-order valence-electron chi connectivity index (χ1n) is 3.89. The maximum Gasteiger partial charge on any atom is 0.190 e. The van der Waals surface area contributed by atoms with E-state index in [4.69, 9.17) is 0 Å². The van der Waals surface area contributed by atoms with Crippen LogP contribution in [0.2, 0.25) is 0 Å². The van der Waals surface area contributed by atoms with Gasteiger partial charge < -0.3 is 11.3 Å². The van der Waals surface area contributed by atoms with Gasteiger partial charge in [-0.1, -0.05) is 0 Å². The minimum atomic E-state index is -0.791. The number of allylic oxidation sites excluding steroid dienone is 2. The number of hydrogen-bond donors (Lipinski definition) is 2. The molecule has 0 fully saturated rings. The first kappa shape index (κ1) is 11.1. The molecule has 1 aliphatic rings. The quantitative estimate of drug-likeness (QED) is 0.679. The standard InChI is InChI=1S/C10H5FO3.H3N/c11-5-1-2-7(13)10-8(14)4-3-6(12)9(5)10;/h1-4,13H;1H3. The van der Waals surface area contributed by atoms with Crippen LogP contribution < -0.4 is 6.15 Å². The molecule has 0 saturated heterocycles. The van der Waals surface area contributed by atoms with Gasteiger partial charge in [0.05, 0.1) is 11.1 Å². The molecule has 0 atom stereocenters. The number of halogens is 1. The van der Waals surface area contributed by atoms with E-state index in [9.17, 15) is 19.1 Å². The summed E-state index contributed by atoms with van der Waals surface area (Å²) in [4.78, 5) is 22.5. The van der Waals surface area contributed by atoms with E-state index < -0.39 is 17.4 Å². The van der Waals surface area contributed by atoms with Crippen LogP contribution in [0.1, 0.15) is 20.7 Å². The van der Waals surface area contributed by atoms with Crippen molar-refractivity contribution in [2.24, 2.45) is 0 Å². The first-order valence-corrected chi connectivity index (χ1v) is 3.89. The summed E-state index contributed by atoms with van der Waals surface area (Å²) >= 11 is 0. The maximum absolute atomic E-state index is 13.2. The SMILES string of the molecule is N.O=C1C=CC(=O)c2c(F)ccc(O)c21. The Morgan fingerprint density at radius 3 is 2.07 bits per heavy atom. The van der Waals surface area contributed by atoms with Gasteiger partial charge in [0.1, 0.15) is 11.6 Å². The van der Waals surface area contributed by atoms with E-state index in [1.54, 1.807) is 0 Å². The van der Waals surface area contributed by atoms with Crippen LogP contribution in [-0.2, 0) is 0 Å². The summed E-state index contributed by atoms with van der Waals surface area (Å²) in [6.07, 6.45) is 2.01. The molecule has 15 heavy (non-hydrogen) atoms. The third-order valence-corrected chi connectivity index (χ3v) is 2.01. The molecule has 0 aromatic heterocycles. The van der Waals surface area contributed by atoms with Crippen LogP contribution in [-0.4, -0.2) is 16.7 Å². The van der Waals surface area contributed by atoms with Crippen LogP contribution >= 0.6 is 0 Å². The van der Waals surface area contributed by atoms with E-state index in [-0.39, 0.29) is 23.0 Å². The van der Waals surface area contributed by atoms with Gasteiger partial charge in [0.2, 0.25) is 0 Å². The summed E-state index contributed by atoms with van der Waals surface area (Å²) in [5, 5.41) is 9.30. The summed E-state index contributed by atoms with van der Waals surface area (Å²) in [5.74, 6) is -2.32. The number of hydrogen-bond acceptors (Lipinski definition) is 4. The minimum Gasteiger partial charge on any atom is -0.507 e. The molecule has 1 aromatic rings. The second kappa shape index (κ2) is 3.62. The minimum absolute atomic E-state index is 0. The van der Waals surface area contributed by atoms with Gasteiger partial charge >= 0.3 is 0 Å². The number of phenols is 1. The number of fused-ring (bicyclic) bond motifs is 1. The van der Waals surface area contributed by atoms with Crippen LogP contribution in [0.4, 0.5) is 4.39 Å². The van der Waals surface area contributed by atoms with Crippen molar-refractivity contribution in [1.29, 1.82) is 0 Å². The number of carbonyl (C=O) groups is 2. The van der Waals surface area contributed by atoms with Gasteiger partial charge in [-0.3, -0.25) is 9.59 Å². The van der Waals surface area contributed by atoms with Crippen molar-refractivity contribution in [2.75, 3.05) is 0 Å². The van der Waals surface area contributed by atoms with E-state index in [2.05, 4.69) is 0 Å². The third-order valence-electron chi connectivity index (χ3n) is 2.01. The summed E-state index contributed by atoms with van der Waals surface area (Å²) in [6.45, 7) is 0. The number of phenolic OH excluding ortho intramolecular Hbond substituents is 1. The Balaban J connectivity index is 0.00000112. The number of ketones is 2. The molecule has 2 rings (SSSR count). The molecule has 4 N–H and O–H groups in total. The molecular weight excluding hydrogens is 201 g/mol. The molecule has 0 unspecified atom stereocenters. The van der Waals surface area contributed by atoms with E-state index in [1.807, 2.05) is 0 Å². The number of benzene rings is 1. The van der Waals surface area contributed by atoms with Gasteiger partial charge in [0.25, 0.3) is 0 Å². The molecule has 0 bridgehead atoms. The molecule has 0 heterocycles. The van der Waals surface area contributed by atoms with Gasteiger partial charge in [-0.15, -0.1) is 0 Å². The molecule has 78 valence electrons. The average Bonchev–Trinajstić information content (AvgIpc) is 2.16. The van der Waals surface area contributed by atoms with Crippen LogP contribution in [0.5, 0.6) is 5.75 Å². The van der Waals surface area contributed by atoms with Crippen LogP contribution in [0.25, 0.3) is 0 Å². The monoisotopic (exact) mass is 209 g/mol. The highest BCUT2D eigenvalue weighted by molar-refractivity contribution is 6.23. The Morgan fingerprint density at radius 2 is 1.53 bits per heavy atom. The van der Waals surface area contributed by atoms with Gasteiger partial charge in [-0.05, 0) is 24.3 Å². The van der Waals surface area contributed by atoms with Crippen molar-refractivity contribution in [3.05, 3.63) is 41.2 Å². The molecule has 1 aromatic carbocycles. The zero-order chi connectivity index (χ0) is 10.3. The maximum atomic E-state index is 13.2. The number of aromatic hydroxyl groups is 1. The lowest BCUT2D eigenvalue weighted by atomic mass is 9.93. The largest absolute Gasteiger partial charge is 0.507 e. The smallest absolute Gasteiger partial charge is 0.190 e. The van der Waals surface area contributed by atoms with E-state index in [1.165, 1.54) is 0 Å². The van der Waals surface area contributed by atoms with Gasteiger partial charge in [0, 0.05) is 0 Å². The molecule has 0 spiro atoms. The summed E-state index contributed by atoms with van der Waals surface area (Å²) in [5.41, 5.74) is -0.602. The Bertz CT molecular complexity index is 437. The lowest BCUT2D eigenvalue weighted by Crippen LogP contribution is -2.13. The first-order chi connectivity index (χ1) is 6.61. The van der Waals surface area contributed by atoms with Crippen molar-refractivity contribution in [1.82, 2.24) is 6.15 Å². The Hall–Kier alpha value is -2.01. The van der Waals surface area contributed by atoms with E-state index in [0.29, 0.717) is 0 Å². The molecule has 0 saturated carbocycles. The lowest BCUT2D eigenvalue weighted by molar-refractivity contribution is 0.0988. The zero-order valence-electron chi connectivity index (χ0n) is 7.66. The Labute approximate surface area is 84.6 Å². The summed E-state index contributed by atoms with van der Waals surface area (Å²) in [6, 6.07) is 2.01. The number of carbonyl (C=O) groups excluding carboxylic acids is 2. The fraction of sp³-hybridized carbons (Fsp3) is 0. The highest BCUT2D eigenvalue weighted by Crippen LogP contribution is 2.27.